The van der Waals surface area contributed by atoms with Gasteiger partial charge >= 0.3 is 0 Å². The molecule has 1 aromatic heterocycles. The molecule has 2 aliphatic heterocycles. The van der Waals surface area contributed by atoms with Crippen molar-refractivity contribution in [2.75, 3.05) is 32.7 Å². The molecule has 1 aliphatic carbocycles. The van der Waals surface area contributed by atoms with Gasteiger partial charge in [0.1, 0.15) is 0 Å². The summed E-state index contributed by atoms with van der Waals surface area (Å²) in [4.78, 5) is 35.5. The van der Waals surface area contributed by atoms with Crippen molar-refractivity contribution < 1.29 is 9.59 Å². The van der Waals surface area contributed by atoms with E-state index in [0.717, 1.165) is 52.0 Å². The van der Waals surface area contributed by atoms with E-state index in [0.29, 0.717) is 19.0 Å². The average molecular weight is 342 g/mol. The molecule has 6 nitrogen and oxygen atoms in total. The van der Waals surface area contributed by atoms with E-state index in [4.69, 9.17) is 0 Å². The zero-order chi connectivity index (χ0) is 17.2. The summed E-state index contributed by atoms with van der Waals surface area (Å²) in [6.45, 7) is 4.96. The first-order chi connectivity index (χ1) is 12.2. The van der Waals surface area contributed by atoms with E-state index in [2.05, 4.69) is 16.0 Å². The highest BCUT2D eigenvalue weighted by atomic mass is 16.2. The van der Waals surface area contributed by atoms with Crippen molar-refractivity contribution in [3.05, 3.63) is 30.1 Å². The van der Waals surface area contributed by atoms with Gasteiger partial charge in [0.05, 0.1) is 5.92 Å². The second kappa shape index (κ2) is 7.12. The van der Waals surface area contributed by atoms with E-state index in [9.17, 15) is 9.59 Å². The third-order valence-corrected chi connectivity index (χ3v) is 5.52. The lowest BCUT2D eigenvalue weighted by atomic mass is 10.1. The summed E-state index contributed by atoms with van der Waals surface area (Å²) in [6.07, 6.45) is 7.31. The third kappa shape index (κ3) is 3.84. The van der Waals surface area contributed by atoms with Gasteiger partial charge in [-0.15, -0.1) is 0 Å². The van der Waals surface area contributed by atoms with Gasteiger partial charge in [-0.3, -0.25) is 19.5 Å². The number of amides is 2. The Kier molecular flexibility index (Phi) is 4.70. The fourth-order valence-corrected chi connectivity index (χ4v) is 3.99. The van der Waals surface area contributed by atoms with Crippen LogP contribution in [0.4, 0.5) is 0 Å². The topological polar surface area (TPSA) is 56.8 Å². The Balaban J connectivity index is 1.31. The second-order valence-electron chi connectivity index (χ2n) is 7.49. The number of hydrogen-bond acceptors (Lipinski definition) is 4. The summed E-state index contributed by atoms with van der Waals surface area (Å²) >= 11 is 0. The van der Waals surface area contributed by atoms with Gasteiger partial charge in [0.2, 0.25) is 11.8 Å². The van der Waals surface area contributed by atoms with E-state index in [1.54, 1.807) is 6.20 Å². The predicted octanol–water partition coefficient (Wildman–Crippen LogP) is 1.13. The first-order valence-electron chi connectivity index (χ1n) is 9.40. The van der Waals surface area contributed by atoms with E-state index in [1.807, 2.05) is 22.1 Å². The molecule has 2 saturated heterocycles. The van der Waals surface area contributed by atoms with Gasteiger partial charge in [-0.1, -0.05) is 6.07 Å². The molecule has 1 atom stereocenters. The van der Waals surface area contributed by atoms with Gasteiger partial charge in [0, 0.05) is 64.1 Å². The predicted molar refractivity (Wildman–Crippen MR) is 93.6 cm³/mol. The number of carbonyl (C=O) groups excluding carboxylic acids is 2. The molecule has 2 amide bonds. The molecule has 0 bridgehead atoms. The summed E-state index contributed by atoms with van der Waals surface area (Å²) in [5.74, 6) is 0.228. The summed E-state index contributed by atoms with van der Waals surface area (Å²) < 4.78 is 0. The Bertz CT molecular complexity index is 632. The highest BCUT2D eigenvalue weighted by Crippen LogP contribution is 2.33. The first kappa shape index (κ1) is 16.5. The van der Waals surface area contributed by atoms with Crippen LogP contribution in [0.25, 0.3) is 0 Å². The summed E-state index contributed by atoms with van der Waals surface area (Å²) in [5.41, 5.74) is 1.21. The number of likely N-dealkylation sites (tertiary alicyclic amines) is 1. The molecule has 4 rings (SSSR count). The normalized spacial score (nSPS) is 25.3. The molecule has 3 aliphatic rings. The Morgan fingerprint density at radius 3 is 2.84 bits per heavy atom. The molecular weight excluding hydrogens is 316 g/mol. The van der Waals surface area contributed by atoms with Crippen molar-refractivity contribution >= 4 is 11.8 Å². The molecule has 134 valence electrons. The fraction of sp³-hybridized carbons (Fsp3) is 0.632. The van der Waals surface area contributed by atoms with Gasteiger partial charge in [-0.05, 0) is 30.9 Å². The molecule has 1 saturated carbocycles. The van der Waals surface area contributed by atoms with Crippen molar-refractivity contribution in [1.29, 1.82) is 0 Å². The van der Waals surface area contributed by atoms with Crippen LogP contribution in [0.15, 0.2) is 24.5 Å². The number of aromatic nitrogens is 1. The first-order valence-corrected chi connectivity index (χ1v) is 9.40. The van der Waals surface area contributed by atoms with E-state index in [1.165, 1.54) is 5.56 Å². The maximum atomic E-state index is 12.9. The minimum absolute atomic E-state index is 0.127. The van der Waals surface area contributed by atoms with Crippen LogP contribution in [0.2, 0.25) is 0 Å². The molecule has 0 spiro atoms. The quantitative estimate of drug-likeness (QED) is 0.823. The van der Waals surface area contributed by atoms with Crippen molar-refractivity contribution in [2.45, 2.75) is 38.3 Å². The Labute approximate surface area is 148 Å². The SMILES string of the molecule is O=C([C@@H]1CC(=O)N(C2CC2)C1)N1CCCN(Cc2cccnc2)CC1. The largest absolute Gasteiger partial charge is 0.341 e. The highest BCUT2D eigenvalue weighted by Gasteiger charge is 2.42. The average Bonchev–Trinajstić information content (AvgIpc) is 3.42. The standard InChI is InChI=1S/C19H26N4O2/c24-18-11-16(14-23(18)17-4-5-17)19(25)22-8-2-7-21(9-10-22)13-15-3-1-6-20-12-15/h1,3,6,12,16-17H,2,4-5,7-11,13-14H2/t16-/m1/s1. The summed E-state index contributed by atoms with van der Waals surface area (Å²) in [5, 5.41) is 0. The molecule has 1 aromatic rings. The molecule has 3 fully saturated rings. The summed E-state index contributed by atoms with van der Waals surface area (Å²) in [7, 11) is 0. The summed E-state index contributed by atoms with van der Waals surface area (Å²) in [6, 6.07) is 4.48. The monoisotopic (exact) mass is 342 g/mol. The third-order valence-electron chi connectivity index (χ3n) is 5.52. The van der Waals surface area contributed by atoms with E-state index in [-0.39, 0.29) is 17.7 Å². The number of nitrogens with zero attached hydrogens (tertiary/aromatic N) is 4. The molecule has 25 heavy (non-hydrogen) atoms. The van der Waals surface area contributed by atoms with Crippen molar-refractivity contribution in [1.82, 2.24) is 19.7 Å². The van der Waals surface area contributed by atoms with Crippen molar-refractivity contribution in [3.8, 4) is 0 Å². The lowest BCUT2D eigenvalue weighted by Crippen LogP contribution is -2.40. The van der Waals surface area contributed by atoms with Crippen LogP contribution in [0.3, 0.4) is 0 Å². The van der Waals surface area contributed by atoms with Crippen LogP contribution < -0.4 is 0 Å². The molecule has 3 heterocycles. The van der Waals surface area contributed by atoms with Crippen LogP contribution in [0.5, 0.6) is 0 Å². The smallest absolute Gasteiger partial charge is 0.228 e. The van der Waals surface area contributed by atoms with Gasteiger partial charge in [0.15, 0.2) is 0 Å². The van der Waals surface area contributed by atoms with Crippen molar-refractivity contribution in [2.24, 2.45) is 5.92 Å². The van der Waals surface area contributed by atoms with E-state index >= 15 is 0 Å². The zero-order valence-electron chi connectivity index (χ0n) is 14.6. The Hall–Kier alpha value is -1.95. The van der Waals surface area contributed by atoms with Crippen molar-refractivity contribution in [3.63, 3.8) is 0 Å². The van der Waals surface area contributed by atoms with Gasteiger partial charge in [-0.2, -0.15) is 0 Å². The fourth-order valence-electron chi connectivity index (χ4n) is 3.99. The molecule has 0 aromatic carbocycles. The lowest BCUT2D eigenvalue weighted by molar-refractivity contribution is -0.135. The van der Waals surface area contributed by atoms with E-state index < -0.39 is 0 Å². The van der Waals surface area contributed by atoms with Crippen LogP contribution in [-0.4, -0.2) is 70.3 Å². The highest BCUT2D eigenvalue weighted by molar-refractivity contribution is 5.89. The number of carbonyl (C=O) groups is 2. The van der Waals surface area contributed by atoms with Crippen LogP contribution in [0.1, 0.15) is 31.2 Å². The minimum Gasteiger partial charge on any atom is -0.341 e. The molecule has 0 unspecified atom stereocenters. The molecule has 6 heteroatoms. The number of pyridine rings is 1. The molecule has 0 N–H and O–H groups in total. The van der Waals surface area contributed by atoms with Gasteiger partial charge in [0.25, 0.3) is 0 Å². The minimum atomic E-state index is -0.127. The Morgan fingerprint density at radius 1 is 1.20 bits per heavy atom. The maximum Gasteiger partial charge on any atom is 0.228 e. The molecule has 0 radical (unpaired) electrons. The van der Waals surface area contributed by atoms with Crippen LogP contribution >= 0.6 is 0 Å². The van der Waals surface area contributed by atoms with Gasteiger partial charge < -0.3 is 9.80 Å². The Morgan fingerprint density at radius 2 is 2.08 bits per heavy atom. The number of rotatable bonds is 4. The van der Waals surface area contributed by atoms with Crippen LogP contribution in [-0.2, 0) is 16.1 Å². The zero-order valence-corrected chi connectivity index (χ0v) is 14.6. The second-order valence-corrected chi connectivity index (χ2v) is 7.49. The van der Waals surface area contributed by atoms with Crippen LogP contribution in [0, 0.1) is 5.92 Å². The maximum absolute atomic E-state index is 12.9. The molecular formula is C19H26N4O2. The lowest BCUT2D eigenvalue weighted by Gasteiger charge is -2.24. The number of hydrogen-bond donors (Lipinski definition) is 0. The van der Waals surface area contributed by atoms with Gasteiger partial charge in [-0.25, -0.2) is 0 Å².